The maximum absolute atomic E-state index is 11.1. The molecule has 3 heteroatoms. The van der Waals surface area contributed by atoms with Crippen LogP contribution >= 0.6 is 0 Å². The van der Waals surface area contributed by atoms with Crippen molar-refractivity contribution >= 4 is 14.1 Å². The average molecular weight is 188 g/mol. The molecule has 0 radical (unpaired) electrons. The van der Waals surface area contributed by atoms with Crippen LogP contribution in [0.25, 0.3) is 0 Å². The highest BCUT2D eigenvalue weighted by Gasteiger charge is 2.14. The molecule has 12 heavy (non-hydrogen) atoms. The van der Waals surface area contributed by atoms with Gasteiger partial charge >= 0.3 is 0 Å². The maximum atomic E-state index is 11.1. The molecule has 0 aliphatic heterocycles. The minimum atomic E-state index is -1.40. The van der Waals surface area contributed by atoms with E-state index >= 15 is 0 Å². The molecular weight excluding hydrogens is 168 g/mol. The predicted molar refractivity (Wildman–Crippen MR) is 53.8 cm³/mol. The number of rotatable bonds is 6. The Morgan fingerprint density at radius 1 is 1.25 bits per heavy atom. The van der Waals surface area contributed by atoms with Crippen LogP contribution in [0.2, 0.25) is 19.6 Å². The normalized spacial score (nSPS) is 11.7. The second-order valence-electron chi connectivity index (χ2n) is 4.00. The van der Waals surface area contributed by atoms with E-state index in [4.69, 9.17) is 4.43 Å². The summed E-state index contributed by atoms with van der Waals surface area (Å²) >= 11 is 0. The predicted octanol–water partition coefficient (Wildman–Crippen LogP) is 2.60. The summed E-state index contributed by atoms with van der Waals surface area (Å²) in [6, 6.07) is 0. The number of carbonyl (C=O) groups excluding carboxylic acids is 1. The van der Waals surface area contributed by atoms with Gasteiger partial charge in [-0.25, -0.2) is 0 Å². The fourth-order valence-corrected chi connectivity index (χ4v) is 1.59. The zero-order chi connectivity index (χ0) is 9.61. The smallest absolute Gasteiger partial charge is 0.183 e. The third kappa shape index (κ3) is 7.95. The van der Waals surface area contributed by atoms with Crippen molar-refractivity contribution in [3.8, 4) is 0 Å². The van der Waals surface area contributed by atoms with Crippen LogP contribution in [0.1, 0.15) is 26.2 Å². The Balaban J connectivity index is 3.37. The zero-order valence-corrected chi connectivity index (χ0v) is 9.64. The molecule has 2 nitrogen and oxygen atoms in total. The van der Waals surface area contributed by atoms with E-state index in [-0.39, 0.29) is 0 Å². The first-order chi connectivity index (χ1) is 5.45. The van der Waals surface area contributed by atoms with Crippen molar-refractivity contribution in [2.24, 2.45) is 0 Å². The molecule has 0 aromatic carbocycles. The number of hydrogen-bond donors (Lipinski definition) is 0. The largest absolute Gasteiger partial charge is 0.417 e. The van der Waals surface area contributed by atoms with Gasteiger partial charge in [-0.2, -0.15) is 0 Å². The van der Waals surface area contributed by atoms with Crippen LogP contribution < -0.4 is 0 Å². The lowest BCUT2D eigenvalue weighted by Gasteiger charge is -2.16. The van der Waals surface area contributed by atoms with E-state index in [2.05, 4.69) is 19.6 Å². The van der Waals surface area contributed by atoms with Gasteiger partial charge in [0.25, 0.3) is 0 Å². The van der Waals surface area contributed by atoms with Crippen LogP contribution in [0.15, 0.2) is 0 Å². The summed E-state index contributed by atoms with van der Waals surface area (Å²) in [4.78, 5) is 11.1. The Hall–Kier alpha value is -0.153. The Morgan fingerprint density at radius 3 is 2.25 bits per heavy atom. The van der Waals surface area contributed by atoms with E-state index in [9.17, 15) is 4.79 Å². The standard InChI is InChI=1S/C9H20O2Si/c1-5-6-9(10)7-8-11-12(2,3)4/h5-8H2,1-4H3. The van der Waals surface area contributed by atoms with Crippen molar-refractivity contribution in [3.05, 3.63) is 0 Å². The van der Waals surface area contributed by atoms with Gasteiger partial charge in [-0.15, -0.1) is 0 Å². The van der Waals surface area contributed by atoms with Crippen molar-refractivity contribution in [2.45, 2.75) is 45.8 Å². The van der Waals surface area contributed by atoms with Gasteiger partial charge in [0.15, 0.2) is 8.32 Å². The van der Waals surface area contributed by atoms with Crippen molar-refractivity contribution in [3.63, 3.8) is 0 Å². The first-order valence-electron chi connectivity index (χ1n) is 4.61. The average Bonchev–Trinajstić information content (AvgIpc) is 1.84. The lowest BCUT2D eigenvalue weighted by atomic mass is 10.2. The molecule has 0 saturated heterocycles. The van der Waals surface area contributed by atoms with Crippen molar-refractivity contribution in [2.75, 3.05) is 6.61 Å². The Bertz CT molecular complexity index is 138. The molecule has 72 valence electrons. The highest BCUT2D eigenvalue weighted by molar-refractivity contribution is 6.69. The quantitative estimate of drug-likeness (QED) is 0.599. The van der Waals surface area contributed by atoms with E-state index in [1.54, 1.807) is 0 Å². The molecule has 0 spiro atoms. The summed E-state index contributed by atoms with van der Waals surface area (Å²) in [6.45, 7) is 9.05. The van der Waals surface area contributed by atoms with Crippen molar-refractivity contribution in [1.29, 1.82) is 0 Å². The van der Waals surface area contributed by atoms with Crippen LogP contribution in [-0.2, 0) is 9.22 Å². The summed E-state index contributed by atoms with van der Waals surface area (Å²) in [5.74, 6) is 0.329. The molecule has 0 aromatic rings. The Kier molecular flexibility index (Phi) is 5.42. The molecule has 0 rings (SSSR count). The molecule has 0 aliphatic carbocycles. The summed E-state index contributed by atoms with van der Waals surface area (Å²) < 4.78 is 5.56. The molecule has 0 unspecified atom stereocenters. The maximum Gasteiger partial charge on any atom is 0.183 e. The van der Waals surface area contributed by atoms with Gasteiger partial charge in [0.05, 0.1) is 0 Å². The van der Waals surface area contributed by atoms with Gasteiger partial charge in [0.1, 0.15) is 5.78 Å². The monoisotopic (exact) mass is 188 g/mol. The van der Waals surface area contributed by atoms with Crippen LogP contribution in [-0.4, -0.2) is 20.7 Å². The van der Waals surface area contributed by atoms with Crippen molar-refractivity contribution < 1.29 is 9.22 Å². The molecule has 0 amide bonds. The highest BCUT2D eigenvalue weighted by atomic mass is 28.4. The van der Waals surface area contributed by atoms with Gasteiger partial charge < -0.3 is 4.43 Å². The SMILES string of the molecule is CCCC(=O)CCO[Si](C)(C)C. The third-order valence-electron chi connectivity index (χ3n) is 1.44. The van der Waals surface area contributed by atoms with Crippen LogP contribution in [0.3, 0.4) is 0 Å². The van der Waals surface area contributed by atoms with E-state index in [1.807, 2.05) is 6.92 Å². The molecule has 0 fully saturated rings. The fraction of sp³-hybridized carbons (Fsp3) is 0.889. The number of hydrogen-bond acceptors (Lipinski definition) is 2. The molecule has 0 aromatic heterocycles. The Morgan fingerprint density at radius 2 is 1.83 bits per heavy atom. The summed E-state index contributed by atoms with van der Waals surface area (Å²) in [7, 11) is -1.40. The Labute approximate surface area is 76.4 Å². The van der Waals surface area contributed by atoms with Crippen LogP contribution in [0, 0.1) is 0 Å². The van der Waals surface area contributed by atoms with Gasteiger partial charge in [0.2, 0.25) is 0 Å². The van der Waals surface area contributed by atoms with Gasteiger partial charge in [-0.05, 0) is 26.1 Å². The minimum absolute atomic E-state index is 0.329. The number of ketones is 1. The second-order valence-corrected chi connectivity index (χ2v) is 8.51. The first kappa shape index (κ1) is 11.8. The molecular formula is C9H20O2Si. The van der Waals surface area contributed by atoms with Crippen LogP contribution in [0.4, 0.5) is 0 Å². The van der Waals surface area contributed by atoms with E-state index in [1.165, 1.54) is 0 Å². The van der Waals surface area contributed by atoms with Crippen LogP contribution in [0.5, 0.6) is 0 Å². The molecule has 0 heterocycles. The van der Waals surface area contributed by atoms with E-state index < -0.39 is 8.32 Å². The zero-order valence-electron chi connectivity index (χ0n) is 8.64. The first-order valence-corrected chi connectivity index (χ1v) is 8.02. The molecule has 0 saturated carbocycles. The van der Waals surface area contributed by atoms with Crippen molar-refractivity contribution in [1.82, 2.24) is 0 Å². The third-order valence-corrected chi connectivity index (χ3v) is 2.51. The summed E-state index contributed by atoms with van der Waals surface area (Å²) in [5, 5.41) is 0. The molecule has 0 N–H and O–H groups in total. The van der Waals surface area contributed by atoms with E-state index in [0.29, 0.717) is 25.2 Å². The van der Waals surface area contributed by atoms with E-state index in [0.717, 1.165) is 6.42 Å². The second kappa shape index (κ2) is 5.49. The molecule has 0 atom stereocenters. The fourth-order valence-electron chi connectivity index (χ4n) is 0.875. The topological polar surface area (TPSA) is 26.3 Å². The van der Waals surface area contributed by atoms with Gasteiger partial charge in [0, 0.05) is 19.4 Å². The number of carbonyl (C=O) groups is 1. The van der Waals surface area contributed by atoms with Gasteiger partial charge in [-0.3, -0.25) is 4.79 Å². The molecule has 0 aliphatic rings. The summed E-state index contributed by atoms with van der Waals surface area (Å²) in [6.07, 6.45) is 2.25. The number of Topliss-reactive ketones (excluding diaryl/α,β-unsaturated/α-hetero) is 1. The highest BCUT2D eigenvalue weighted by Crippen LogP contribution is 2.04. The summed E-state index contributed by atoms with van der Waals surface area (Å²) in [5.41, 5.74) is 0. The minimum Gasteiger partial charge on any atom is -0.417 e. The lowest BCUT2D eigenvalue weighted by Crippen LogP contribution is -2.26. The van der Waals surface area contributed by atoms with Gasteiger partial charge in [-0.1, -0.05) is 6.92 Å². The lowest BCUT2D eigenvalue weighted by molar-refractivity contribution is -0.119. The molecule has 0 bridgehead atoms.